The Morgan fingerprint density at radius 3 is 2.63 bits per heavy atom. The molecule has 8 heteroatoms. The maximum absolute atomic E-state index is 12.1. The second-order valence-electron chi connectivity index (χ2n) is 5.16. The van der Waals surface area contributed by atoms with Gasteiger partial charge in [-0.05, 0) is 46.1 Å². The Morgan fingerprint density at radius 2 is 2.11 bits per heavy atom. The molecule has 0 saturated carbocycles. The van der Waals surface area contributed by atoms with Crippen molar-refractivity contribution in [3.63, 3.8) is 0 Å². The van der Waals surface area contributed by atoms with Crippen LogP contribution in [-0.4, -0.2) is 44.1 Å². The van der Waals surface area contributed by atoms with Crippen LogP contribution in [0.5, 0.6) is 0 Å². The first-order valence-corrected chi connectivity index (χ1v) is 7.90. The fraction of sp³-hybridized carbons (Fsp3) is 0.909. The fourth-order valence-corrected chi connectivity index (χ4v) is 3.44. The minimum Gasteiger partial charge on any atom is -0.446 e. The number of nitrogens with zero attached hydrogens (tertiary/aromatic N) is 1. The maximum atomic E-state index is 12.1. The molecule has 1 aliphatic heterocycles. The highest BCUT2D eigenvalue weighted by molar-refractivity contribution is 7.87. The third-order valence-electron chi connectivity index (χ3n) is 3.12. The summed E-state index contributed by atoms with van der Waals surface area (Å²) in [6, 6.07) is -0.146. The lowest BCUT2D eigenvalue weighted by Gasteiger charge is -2.36. The number of piperidine rings is 1. The highest BCUT2D eigenvalue weighted by atomic mass is 32.2. The van der Waals surface area contributed by atoms with E-state index in [2.05, 4.69) is 0 Å². The molecule has 2 unspecified atom stereocenters. The van der Waals surface area contributed by atoms with Crippen LogP contribution < -0.4 is 10.5 Å². The van der Waals surface area contributed by atoms with Gasteiger partial charge in [0.2, 0.25) is 0 Å². The lowest BCUT2D eigenvalue weighted by atomic mass is 9.96. The first kappa shape index (κ1) is 16.2. The first-order valence-electron chi connectivity index (χ1n) is 6.46. The number of hydrogen-bond acceptors (Lipinski definition) is 5. The molecule has 3 N–H and O–H groups in total. The summed E-state index contributed by atoms with van der Waals surface area (Å²) in [6.45, 7) is 5.90. The zero-order valence-electron chi connectivity index (χ0n) is 11.6. The summed E-state index contributed by atoms with van der Waals surface area (Å²) >= 11 is 0. The van der Waals surface area contributed by atoms with Gasteiger partial charge in [0.1, 0.15) is 0 Å². The van der Waals surface area contributed by atoms with E-state index in [1.807, 2.05) is 11.6 Å². The van der Waals surface area contributed by atoms with E-state index in [0.29, 0.717) is 13.1 Å². The van der Waals surface area contributed by atoms with Crippen molar-refractivity contribution >= 4 is 16.3 Å². The third kappa shape index (κ3) is 4.63. The number of carbonyl (C=O) groups is 1. The van der Waals surface area contributed by atoms with Crippen molar-refractivity contribution in [2.45, 2.75) is 45.8 Å². The average molecular weight is 293 g/mol. The number of ether oxygens (including phenoxy) is 1. The van der Waals surface area contributed by atoms with Crippen molar-refractivity contribution in [1.29, 1.82) is 0 Å². The van der Waals surface area contributed by atoms with Crippen molar-refractivity contribution in [3.8, 4) is 0 Å². The monoisotopic (exact) mass is 293 g/mol. The summed E-state index contributed by atoms with van der Waals surface area (Å²) in [7, 11) is -3.87. The smallest absolute Gasteiger partial charge is 0.422 e. The van der Waals surface area contributed by atoms with Gasteiger partial charge in [0.05, 0.1) is 6.10 Å². The second-order valence-corrected chi connectivity index (χ2v) is 6.78. The largest absolute Gasteiger partial charge is 0.446 e. The Labute approximate surface area is 114 Å². The van der Waals surface area contributed by atoms with Crippen molar-refractivity contribution in [2.75, 3.05) is 13.1 Å². The summed E-state index contributed by atoms with van der Waals surface area (Å²) in [5.41, 5.74) is 5.59. The zero-order valence-corrected chi connectivity index (χ0v) is 12.4. The average Bonchev–Trinajstić information content (AvgIpc) is 2.27. The molecule has 1 fully saturated rings. The van der Waals surface area contributed by atoms with E-state index in [1.54, 1.807) is 13.8 Å². The second kappa shape index (κ2) is 6.53. The molecule has 0 radical (unpaired) electrons. The minimum atomic E-state index is -3.87. The molecule has 0 aromatic rings. The molecule has 112 valence electrons. The van der Waals surface area contributed by atoms with Crippen LogP contribution in [0, 0.1) is 5.92 Å². The Hall–Kier alpha value is -0.860. The molecule has 19 heavy (non-hydrogen) atoms. The summed E-state index contributed by atoms with van der Waals surface area (Å²) < 4.78 is 32.2. The SMILES string of the molecule is CC(C)OC(=O)NS(=O)(=O)N1CC(CN)CCC1C. The highest BCUT2D eigenvalue weighted by Crippen LogP contribution is 2.23. The number of hydrogen-bond donors (Lipinski definition) is 2. The van der Waals surface area contributed by atoms with Gasteiger partial charge < -0.3 is 10.5 Å². The topological polar surface area (TPSA) is 102 Å². The van der Waals surface area contributed by atoms with Crippen LogP contribution in [0.4, 0.5) is 4.79 Å². The molecular weight excluding hydrogens is 270 g/mol. The van der Waals surface area contributed by atoms with Crippen LogP contribution in [0.2, 0.25) is 0 Å². The summed E-state index contributed by atoms with van der Waals surface area (Å²) in [5, 5.41) is 0. The molecule has 0 aromatic carbocycles. The lowest BCUT2D eigenvalue weighted by molar-refractivity contribution is 0.120. The molecule has 0 bridgehead atoms. The molecule has 1 heterocycles. The molecule has 1 amide bonds. The number of amides is 1. The van der Waals surface area contributed by atoms with Gasteiger partial charge in [-0.3, -0.25) is 0 Å². The molecule has 1 saturated heterocycles. The van der Waals surface area contributed by atoms with Gasteiger partial charge in [-0.1, -0.05) is 0 Å². The van der Waals surface area contributed by atoms with Gasteiger partial charge in [-0.15, -0.1) is 0 Å². The van der Waals surface area contributed by atoms with Gasteiger partial charge in [0, 0.05) is 12.6 Å². The Kier molecular flexibility index (Phi) is 5.57. The number of carbonyl (C=O) groups excluding carboxylic acids is 1. The van der Waals surface area contributed by atoms with Crippen LogP contribution in [-0.2, 0) is 14.9 Å². The van der Waals surface area contributed by atoms with E-state index < -0.39 is 16.3 Å². The molecule has 0 aliphatic carbocycles. The number of rotatable bonds is 4. The Balaban J connectivity index is 2.72. The van der Waals surface area contributed by atoms with E-state index in [4.69, 9.17) is 10.5 Å². The van der Waals surface area contributed by atoms with Gasteiger partial charge >= 0.3 is 16.3 Å². The predicted molar refractivity (Wildman–Crippen MR) is 71.6 cm³/mol. The third-order valence-corrected chi connectivity index (χ3v) is 4.67. The van der Waals surface area contributed by atoms with E-state index in [-0.39, 0.29) is 18.1 Å². The summed E-state index contributed by atoms with van der Waals surface area (Å²) in [4.78, 5) is 11.4. The van der Waals surface area contributed by atoms with Crippen LogP contribution in [0.1, 0.15) is 33.6 Å². The standard InChI is InChI=1S/C11H23N3O4S/c1-8(2)18-11(15)13-19(16,17)14-7-10(6-12)5-4-9(14)3/h8-10H,4-7,12H2,1-3H3,(H,13,15). The predicted octanol–water partition coefficient (Wildman–Crippen LogP) is 0.425. The molecule has 7 nitrogen and oxygen atoms in total. The molecule has 0 spiro atoms. The van der Waals surface area contributed by atoms with Crippen molar-refractivity contribution < 1.29 is 17.9 Å². The van der Waals surface area contributed by atoms with Gasteiger partial charge in [0.25, 0.3) is 0 Å². The van der Waals surface area contributed by atoms with E-state index in [0.717, 1.165) is 12.8 Å². The maximum Gasteiger partial charge on any atom is 0.422 e. The van der Waals surface area contributed by atoms with Crippen molar-refractivity contribution in [3.05, 3.63) is 0 Å². The van der Waals surface area contributed by atoms with Gasteiger partial charge in [-0.2, -0.15) is 12.7 Å². The fourth-order valence-electron chi connectivity index (χ4n) is 2.08. The van der Waals surface area contributed by atoms with Crippen molar-refractivity contribution in [1.82, 2.24) is 9.03 Å². The number of nitrogens with two attached hydrogens (primary N) is 1. The first-order chi connectivity index (χ1) is 8.76. The van der Waals surface area contributed by atoms with E-state index in [9.17, 15) is 13.2 Å². The van der Waals surface area contributed by atoms with E-state index >= 15 is 0 Å². The molecule has 2 atom stereocenters. The summed E-state index contributed by atoms with van der Waals surface area (Å²) in [6.07, 6.45) is 0.324. The molecular formula is C11H23N3O4S. The quantitative estimate of drug-likeness (QED) is 0.782. The van der Waals surface area contributed by atoms with Crippen LogP contribution in [0.25, 0.3) is 0 Å². The lowest BCUT2D eigenvalue weighted by Crippen LogP contribution is -2.52. The van der Waals surface area contributed by atoms with Crippen LogP contribution >= 0.6 is 0 Å². The normalized spacial score (nSPS) is 25.3. The van der Waals surface area contributed by atoms with E-state index in [1.165, 1.54) is 4.31 Å². The Bertz CT molecular complexity index is 410. The molecule has 0 aromatic heterocycles. The number of nitrogens with one attached hydrogen (secondary N) is 1. The van der Waals surface area contributed by atoms with Crippen LogP contribution in [0.3, 0.4) is 0 Å². The molecule has 1 rings (SSSR count). The van der Waals surface area contributed by atoms with Crippen LogP contribution in [0.15, 0.2) is 0 Å². The minimum absolute atomic E-state index is 0.133. The Morgan fingerprint density at radius 1 is 1.47 bits per heavy atom. The van der Waals surface area contributed by atoms with Gasteiger partial charge in [0.15, 0.2) is 0 Å². The molecule has 1 aliphatic rings. The zero-order chi connectivity index (χ0) is 14.6. The highest BCUT2D eigenvalue weighted by Gasteiger charge is 2.34. The van der Waals surface area contributed by atoms with Crippen molar-refractivity contribution in [2.24, 2.45) is 11.7 Å². The van der Waals surface area contributed by atoms with Gasteiger partial charge in [-0.25, -0.2) is 9.52 Å². The summed E-state index contributed by atoms with van der Waals surface area (Å²) in [5.74, 6) is 0.133.